The Balaban J connectivity index is 1.45. The highest BCUT2D eigenvalue weighted by atomic mass is 16.5. The van der Waals surface area contributed by atoms with Crippen molar-refractivity contribution in [2.45, 2.75) is 82.3 Å². The summed E-state index contributed by atoms with van der Waals surface area (Å²) in [6.07, 6.45) is 24.7. The van der Waals surface area contributed by atoms with Crippen LogP contribution in [-0.2, 0) is 0 Å². The highest BCUT2D eigenvalue weighted by Gasteiger charge is 2.59. The maximum atomic E-state index is 12.9. The molecule has 1 fully saturated rings. The number of hydrogen-bond acceptors (Lipinski definition) is 5. The van der Waals surface area contributed by atoms with Gasteiger partial charge in [-0.3, -0.25) is 0 Å². The fraction of sp³-hybridized carbons (Fsp3) is 0.528. The average Bonchev–Trinajstić information content (AvgIpc) is 3.34. The molecule has 0 aromatic heterocycles. The molecular weight excluding hydrogens is 520 g/mol. The van der Waals surface area contributed by atoms with Crippen molar-refractivity contribution < 1.29 is 10.3 Å². The second-order valence-corrected chi connectivity index (χ2v) is 13.2. The van der Waals surface area contributed by atoms with E-state index in [1.807, 2.05) is 12.1 Å². The Morgan fingerprint density at radius 3 is 2.55 bits per heavy atom. The zero-order valence-electron chi connectivity index (χ0n) is 24.8. The minimum atomic E-state index is -1.05. The fourth-order valence-corrected chi connectivity index (χ4v) is 8.75. The van der Waals surface area contributed by atoms with Gasteiger partial charge >= 0.3 is 0 Å². The van der Waals surface area contributed by atoms with E-state index in [1.54, 1.807) is 6.20 Å². The lowest BCUT2D eigenvalue weighted by Crippen LogP contribution is -2.68. The monoisotopic (exact) mass is 566 g/mol. The summed E-state index contributed by atoms with van der Waals surface area (Å²) in [6.45, 7) is 4.03. The summed E-state index contributed by atoms with van der Waals surface area (Å²) >= 11 is 0. The van der Waals surface area contributed by atoms with E-state index in [9.17, 15) is 10.3 Å². The van der Waals surface area contributed by atoms with Gasteiger partial charge in [0.15, 0.2) is 0 Å². The van der Waals surface area contributed by atoms with Crippen molar-refractivity contribution in [2.24, 2.45) is 11.3 Å². The van der Waals surface area contributed by atoms with Gasteiger partial charge in [-0.25, -0.2) is 4.98 Å². The first-order valence-electron chi connectivity index (χ1n) is 16.4. The van der Waals surface area contributed by atoms with E-state index in [0.29, 0.717) is 6.42 Å². The van der Waals surface area contributed by atoms with Crippen LogP contribution in [0.15, 0.2) is 66.9 Å². The lowest BCUT2D eigenvalue weighted by Gasteiger charge is -2.60. The zero-order chi connectivity index (χ0) is 28.6. The number of para-hydroxylation sites is 1. The molecule has 6 heteroatoms. The summed E-state index contributed by atoms with van der Waals surface area (Å²) in [7, 11) is 0. The van der Waals surface area contributed by atoms with Gasteiger partial charge in [-0.15, -0.1) is 0 Å². The first-order chi connectivity index (χ1) is 20.6. The predicted octanol–water partition coefficient (Wildman–Crippen LogP) is 6.81. The highest BCUT2D eigenvalue weighted by molar-refractivity contribution is 6.00. The molecule has 3 N–H and O–H groups in total. The third-order valence-corrected chi connectivity index (χ3v) is 10.7. The first-order valence-corrected chi connectivity index (χ1v) is 16.4. The van der Waals surface area contributed by atoms with Crippen molar-refractivity contribution in [1.29, 1.82) is 0 Å². The summed E-state index contributed by atoms with van der Waals surface area (Å²) in [5.41, 5.74) is 3.43. The lowest BCUT2D eigenvalue weighted by molar-refractivity contribution is -0.0801. The van der Waals surface area contributed by atoms with Crippen molar-refractivity contribution >= 4 is 16.5 Å². The summed E-state index contributed by atoms with van der Waals surface area (Å²) in [5, 5.41) is 29.6. The fourth-order valence-electron chi connectivity index (χ4n) is 8.75. The lowest BCUT2D eigenvalue weighted by atomic mass is 9.53. The van der Waals surface area contributed by atoms with Crippen LogP contribution in [0.3, 0.4) is 0 Å². The highest BCUT2D eigenvalue weighted by Crippen LogP contribution is 2.57. The smallest absolute Gasteiger partial charge is 0.109 e. The van der Waals surface area contributed by atoms with E-state index < -0.39 is 5.60 Å². The first kappa shape index (κ1) is 27.9. The van der Waals surface area contributed by atoms with E-state index in [4.69, 9.17) is 4.98 Å². The molecule has 3 bridgehead atoms. The molecule has 42 heavy (non-hydrogen) atoms. The van der Waals surface area contributed by atoms with Crippen molar-refractivity contribution in [3.05, 3.63) is 72.6 Å². The Hall–Kier alpha value is -2.93. The van der Waals surface area contributed by atoms with Gasteiger partial charge in [0.1, 0.15) is 5.69 Å². The van der Waals surface area contributed by atoms with E-state index in [1.165, 1.54) is 24.0 Å². The Kier molecular flexibility index (Phi) is 7.72. The number of benzene rings is 1. The number of rotatable bonds is 1. The normalized spacial score (nSPS) is 34.3. The van der Waals surface area contributed by atoms with Gasteiger partial charge in [-0.2, -0.15) is 4.73 Å². The van der Waals surface area contributed by atoms with Crippen LogP contribution in [0, 0.1) is 11.3 Å². The Labute approximate surface area is 250 Å². The van der Waals surface area contributed by atoms with Crippen LogP contribution in [0.4, 0.5) is 0 Å². The number of fused-ring (bicyclic) bond motifs is 4. The van der Waals surface area contributed by atoms with Crippen LogP contribution in [-0.4, -0.2) is 62.7 Å². The number of aromatic nitrogens is 2. The largest absolute Gasteiger partial charge is 0.428 e. The number of allylic oxidation sites excluding steroid dienone is 5. The molecule has 6 nitrogen and oxygen atoms in total. The number of pyridine rings is 1. The van der Waals surface area contributed by atoms with Crippen LogP contribution < -0.4 is 5.32 Å². The van der Waals surface area contributed by atoms with Crippen LogP contribution in [0.2, 0.25) is 0 Å². The minimum absolute atomic E-state index is 0.0553. The molecule has 1 aromatic rings. The van der Waals surface area contributed by atoms with Crippen molar-refractivity contribution in [2.75, 3.05) is 26.2 Å². The van der Waals surface area contributed by atoms with Crippen LogP contribution in [0.5, 0.6) is 0 Å². The molecule has 0 saturated carbocycles. The quantitative estimate of drug-likeness (QED) is 0.223. The molecule has 1 aromatic carbocycles. The number of aliphatic hydroxyl groups is 1. The number of nitrogens with one attached hydrogen (secondary N) is 1. The third kappa shape index (κ3) is 4.91. The van der Waals surface area contributed by atoms with Gasteiger partial charge in [-0.1, -0.05) is 42.5 Å². The molecule has 5 aliphatic heterocycles. The molecule has 222 valence electrons. The van der Waals surface area contributed by atoms with Crippen molar-refractivity contribution in [3.8, 4) is 11.3 Å². The zero-order valence-corrected chi connectivity index (χ0v) is 24.8. The molecule has 1 unspecified atom stereocenters. The maximum Gasteiger partial charge on any atom is 0.109 e. The summed E-state index contributed by atoms with van der Waals surface area (Å²) < 4.78 is 1.29. The van der Waals surface area contributed by atoms with E-state index in [-0.39, 0.29) is 17.4 Å². The third-order valence-electron chi connectivity index (χ3n) is 10.7. The van der Waals surface area contributed by atoms with E-state index in [2.05, 4.69) is 58.8 Å². The maximum absolute atomic E-state index is 12.9. The van der Waals surface area contributed by atoms with Crippen molar-refractivity contribution in [1.82, 2.24) is 19.9 Å². The van der Waals surface area contributed by atoms with Gasteiger partial charge < -0.3 is 20.5 Å². The van der Waals surface area contributed by atoms with Gasteiger partial charge in [0.05, 0.1) is 16.8 Å². The summed E-state index contributed by atoms with van der Waals surface area (Å²) in [4.78, 5) is 7.77. The standard InChI is InChI=1S/C36H46N4O2/c41-36-20-12-6-2-4-8-14-22-39-23-18-30(35(26-39)19-11-5-1-3-7-13-21-37-34(35)36)29(25-36)33-32-28(17-24-40(33)42)27-15-9-10-16-31(27)38-32/h1-2,5-6,9-10,15-17,24-25,30,34,37,41-42H,3-4,7-8,11-14,18-23,26H2/b5-1-,6-2-/t30-,34+,35-,36-/m0/s1. The van der Waals surface area contributed by atoms with Gasteiger partial charge in [0, 0.05) is 35.1 Å². The molecule has 7 rings (SSSR count). The van der Waals surface area contributed by atoms with Crippen LogP contribution in [0.1, 0.15) is 76.3 Å². The number of nitrogens with zero attached hydrogens (tertiary/aromatic N) is 3. The second kappa shape index (κ2) is 11.6. The Morgan fingerprint density at radius 1 is 0.881 bits per heavy atom. The summed E-state index contributed by atoms with van der Waals surface area (Å²) in [6, 6.07) is 10.2. The topological polar surface area (TPSA) is 73.5 Å². The van der Waals surface area contributed by atoms with E-state index >= 15 is 0 Å². The molecule has 1 aliphatic carbocycles. The minimum Gasteiger partial charge on any atom is -0.428 e. The molecule has 1 saturated heterocycles. The number of piperidine rings is 1. The van der Waals surface area contributed by atoms with Gasteiger partial charge in [-0.05, 0) is 120 Å². The molecule has 0 radical (unpaired) electrons. The summed E-state index contributed by atoms with van der Waals surface area (Å²) in [5.74, 6) is 0.199. The van der Waals surface area contributed by atoms with Crippen molar-refractivity contribution in [3.63, 3.8) is 0 Å². The average molecular weight is 567 g/mol. The molecule has 5 atom stereocenters. The molecule has 0 amide bonds. The Bertz CT molecular complexity index is 1470. The van der Waals surface area contributed by atoms with Gasteiger partial charge in [0.2, 0.25) is 0 Å². The van der Waals surface area contributed by atoms with Gasteiger partial charge in [0.25, 0.3) is 0 Å². The van der Waals surface area contributed by atoms with Crippen LogP contribution in [0.25, 0.3) is 27.7 Å². The van der Waals surface area contributed by atoms with Crippen LogP contribution >= 0.6 is 0 Å². The Morgan fingerprint density at radius 2 is 1.67 bits per heavy atom. The molecule has 6 aliphatic rings. The predicted molar refractivity (Wildman–Crippen MR) is 170 cm³/mol. The SMILES string of the molecule is On1ccc2c3ccccc3nc-2c1C1=C[C@@]2(O)CC/C=C\CCCCN3CC[C@@H]1[C@]1(CC/C=C\CCCCN[C@H]12)C3. The molecular formula is C36H46N4O2. The molecule has 1 spiro atoms. The number of hydrogen-bond donors (Lipinski definition) is 3. The second-order valence-electron chi connectivity index (χ2n) is 13.2. The molecule has 5 heterocycles. The van der Waals surface area contributed by atoms with E-state index in [0.717, 1.165) is 105 Å².